The van der Waals surface area contributed by atoms with Gasteiger partial charge in [-0.1, -0.05) is 94.8 Å². The van der Waals surface area contributed by atoms with Crippen molar-refractivity contribution in [3.8, 4) is 5.75 Å². The van der Waals surface area contributed by atoms with Gasteiger partial charge in [0.1, 0.15) is 11.8 Å². The maximum absolute atomic E-state index is 13.8. The highest BCUT2D eigenvalue weighted by Crippen LogP contribution is 2.25. The highest BCUT2D eigenvalue weighted by atomic mass is 79.9. The molecule has 0 aliphatic heterocycles. The minimum Gasteiger partial charge on any atom is -0.483 e. The summed E-state index contributed by atoms with van der Waals surface area (Å²) in [5.74, 6) is 0.195. The van der Waals surface area contributed by atoms with Crippen molar-refractivity contribution in [3.63, 3.8) is 0 Å². The van der Waals surface area contributed by atoms with Crippen molar-refractivity contribution in [2.45, 2.75) is 38.9 Å². The zero-order chi connectivity index (χ0) is 26.2. The molecule has 4 rings (SSSR count). The molecule has 6 heteroatoms. The lowest BCUT2D eigenvalue weighted by atomic mass is 10.0. The molecule has 0 spiro atoms. The van der Waals surface area contributed by atoms with E-state index in [9.17, 15) is 9.59 Å². The lowest BCUT2D eigenvalue weighted by molar-refractivity contribution is -0.143. The van der Waals surface area contributed by atoms with E-state index >= 15 is 0 Å². The smallest absolute Gasteiger partial charge is 0.261 e. The summed E-state index contributed by atoms with van der Waals surface area (Å²) in [5, 5.41) is 4.99. The topological polar surface area (TPSA) is 58.6 Å². The maximum atomic E-state index is 13.8. The van der Waals surface area contributed by atoms with Crippen LogP contribution in [0.25, 0.3) is 10.8 Å². The predicted octanol–water partition coefficient (Wildman–Crippen LogP) is 6.15. The Kier molecular flexibility index (Phi) is 8.96. The fraction of sp³-hybridized carbons (Fsp3) is 0.226. The Balaban J connectivity index is 1.64. The fourth-order valence-corrected chi connectivity index (χ4v) is 4.76. The van der Waals surface area contributed by atoms with E-state index in [0.29, 0.717) is 12.2 Å². The molecule has 2 amide bonds. The zero-order valence-electron chi connectivity index (χ0n) is 21.1. The highest BCUT2D eigenvalue weighted by Gasteiger charge is 2.31. The molecule has 1 unspecified atom stereocenters. The molecular formula is C31H31BrN2O3. The zero-order valence-corrected chi connectivity index (χ0v) is 22.6. The second kappa shape index (κ2) is 12.5. The normalized spacial score (nSPS) is 11.8. The van der Waals surface area contributed by atoms with Crippen molar-refractivity contribution in [1.82, 2.24) is 10.2 Å². The second-order valence-corrected chi connectivity index (χ2v) is 10.2. The van der Waals surface area contributed by atoms with Crippen LogP contribution in [0.4, 0.5) is 0 Å². The predicted molar refractivity (Wildman–Crippen MR) is 151 cm³/mol. The summed E-state index contributed by atoms with van der Waals surface area (Å²) in [4.78, 5) is 28.9. The highest BCUT2D eigenvalue weighted by molar-refractivity contribution is 9.10. The molecule has 0 radical (unpaired) electrons. The summed E-state index contributed by atoms with van der Waals surface area (Å²) >= 11 is 3.52. The van der Waals surface area contributed by atoms with Crippen LogP contribution in [-0.2, 0) is 22.6 Å². The van der Waals surface area contributed by atoms with E-state index in [2.05, 4.69) is 21.2 Å². The Bertz CT molecular complexity index is 1350. The van der Waals surface area contributed by atoms with Gasteiger partial charge in [-0.25, -0.2) is 0 Å². The largest absolute Gasteiger partial charge is 0.483 e. The Labute approximate surface area is 226 Å². The molecule has 190 valence electrons. The number of benzene rings is 4. The molecule has 0 fully saturated rings. The van der Waals surface area contributed by atoms with Crippen LogP contribution < -0.4 is 10.1 Å². The molecule has 37 heavy (non-hydrogen) atoms. The van der Waals surface area contributed by atoms with Gasteiger partial charge in [0.15, 0.2) is 6.61 Å². The SMILES string of the molecule is CC(C)NC(=O)C(Cc1ccccc1)N(Cc1cccc(Br)c1)C(=O)COc1cccc2ccccc12. The quantitative estimate of drug-likeness (QED) is 0.254. The number of rotatable bonds is 10. The molecule has 0 aliphatic rings. The minimum atomic E-state index is -0.701. The summed E-state index contributed by atoms with van der Waals surface area (Å²) < 4.78 is 6.97. The van der Waals surface area contributed by atoms with Crippen LogP contribution in [0.1, 0.15) is 25.0 Å². The number of fused-ring (bicyclic) bond motifs is 1. The molecule has 4 aromatic rings. The van der Waals surface area contributed by atoms with Crippen molar-refractivity contribution >= 4 is 38.5 Å². The molecule has 0 saturated carbocycles. The van der Waals surface area contributed by atoms with Gasteiger partial charge in [-0.15, -0.1) is 0 Å². The summed E-state index contributed by atoms with van der Waals surface area (Å²) in [5.41, 5.74) is 1.90. The van der Waals surface area contributed by atoms with Gasteiger partial charge in [-0.3, -0.25) is 9.59 Å². The Morgan fingerprint density at radius 3 is 2.30 bits per heavy atom. The number of nitrogens with one attached hydrogen (secondary N) is 1. The molecule has 0 heterocycles. The maximum Gasteiger partial charge on any atom is 0.261 e. The third-order valence-electron chi connectivity index (χ3n) is 6.04. The van der Waals surface area contributed by atoms with Crippen LogP contribution in [0.15, 0.2) is 102 Å². The Morgan fingerprint density at radius 1 is 0.865 bits per heavy atom. The lowest BCUT2D eigenvalue weighted by Gasteiger charge is -2.32. The third kappa shape index (κ3) is 7.20. The number of carbonyl (C=O) groups excluding carboxylic acids is 2. The molecule has 0 aliphatic carbocycles. The molecule has 0 saturated heterocycles. The van der Waals surface area contributed by atoms with Gasteiger partial charge in [0.2, 0.25) is 5.91 Å². The fourth-order valence-electron chi connectivity index (χ4n) is 4.31. The van der Waals surface area contributed by atoms with E-state index in [0.717, 1.165) is 26.4 Å². The number of nitrogens with zero attached hydrogens (tertiary/aromatic N) is 1. The second-order valence-electron chi connectivity index (χ2n) is 9.29. The lowest BCUT2D eigenvalue weighted by Crippen LogP contribution is -2.52. The van der Waals surface area contributed by atoms with E-state index in [1.54, 1.807) is 4.90 Å². The number of ether oxygens (including phenoxy) is 1. The van der Waals surface area contributed by atoms with E-state index in [4.69, 9.17) is 4.74 Å². The van der Waals surface area contributed by atoms with E-state index in [-0.39, 0.29) is 31.0 Å². The number of carbonyl (C=O) groups is 2. The molecule has 1 N–H and O–H groups in total. The van der Waals surface area contributed by atoms with Gasteiger partial charge in [0.25, 0.3) is 5.91 Å². The van der Waals surface area contributed by atoms with Crippen LogP contribution in [0.5, 0.6) is 5.75 Å². The summed E-state index contributed by atoms with van der Waals surface area (Å²) in [6.07, 6.45) is 0.396. The summed E-state index contributed by atoms with van der Waals surface area (Å²) in [6.45, 7) is 3.94. The standard InChI is InChI=1S/C31H31BrN2O3/c1-22(2)33-31(36)28(19-23-10-4-3-5-11-23)34(20-24-12-8-15-26(32)18-24)30(35)21-37-29-17-9-14-25-13-6-7-16-27(25)29/h3-18,22,28H,19-21H2,1-2H3,(H,33,36). The molecular weight excluding hydrogens is 528 g/mol. The average molecular weight is 560 g/mol. The van der Waals surface area contributed by atoms with Crippen LogP contribution in [-0.4, -0.2) is 35.4 Å². The van der Waals surface area contributed by atoms with Crippen molar-refractivity contribution in [1.29, 1.82) is 0 Å². The third-order valence-corrected chi connectivity index (χ3v) is 6.54. The van der Waals surface area contributed by atoms with Crippen LogP contribution in [0, 0.1) is 0 Å². The van der Waals surface area contributed by atoms with Gasteiger partial charge in [0, 0.05) is 28.9 Å². The monoisotopic (exact) mass is 558 g/mol. The Hall–Kier alpha value is -3.64. The van der Waals surface area contributed by atoms with Gasteiger partial charge in [0.05, 0.1) is 0 Å². The van der Waals surface area contributed by atoms with Crippen LogP contribution >= 0.6 is 15.9 Å². The molecule has 0 bridgehead atoms. The van der Waals surface area contributed by atoms with E-state index in [1.807, 2.05) is 111 Å². The minimum absolute atomic E-state index is 0.0551. The average Bonchev–Trinajstić information content (AvgIpc) is 2.89. The van der Waals surface area contributed by atoms with E-state index < -0.39 is 6.04 Å². The van der Waals surface area contributed by atoms with Crippen LogP contribution in [0.3, 0.4) is 0 Å². The molecule has 5 nitrogen and oxygen atoms in total. The van der Waals surface area contributed by atoms with Crippen molar-refractivity contribution in [3.05, 3.63) is 113 Å². The van der Waals surface area contributed by atoms with E-state index in [1.165, 1.54) is 0 Å². The Morgan fingerprint density at radius 2 is 1.54 bits per heavy atom. The van der Waals surface area contributed by atoms with Crippen molar-refractivity contribution < 1.29 is 14.3 Å². The van der Waals surface area contributed by atoms with Gasteiger partial charge in [-0.05, 0) is 48.6 Å². The van der Waals surface area contributed by atoms with Gasteiger partial charge < -0.3 is 15.0 Å². The van der Waals surface area contributed by atoms with Crippen LogP contribution in [0.2, 0.25) is 0 Å². The van der Waals surface area contributed by atoms with Crippen molar-refractivity contribution in [2.24, 2.45) is 0 Å². The first-order valence-electron chi connectivity index (χ1n) is 12.4. The van der Waals surface area contributed by atoms with Gasteiger partial charge >= 0.3 is 0 Å². The number of halogens is 1. The number of hydrogen-bond acceptors (Lipinski definition) is 3. The molecule has 1 atom stereocenters. The molecule has 4 aromatic carbocycles. The summed E-state index contributed by atoms with van der Waals surface area (Å²) in [7, 11) is 0. The first-order chi connectivity index (χ1) is 17.9. The summed E-state index contributed by atoms with van der Waals surface area (Å²) in [6, 6.07) is 30.5. The first kappa shape index (κ1) is 26.4. The molecule has 0 aromatic heterocycles. The number of amides is 2. The number of hydrogen-bond donors (Lipinski definition) is 1. The van der Waals surface area contributed by atoms with Crippen molar-refractivity contribution in [2.75, 3.05) is 6.61 Å². The van der Waals surface area contributed by atoms with Gasteiger partial charge in [-0.2, -0.15) is 0 Å². The first-order valence-corrected chi connectivity index (χ1v) is 13.2.